The molecular formula is C52H106Si2. The van der Waals surface area contributed by atoms with Crippen LogP contribution in [0.2, 0.25) is 48.4 Å². The smallest absolute Gasteiger partial charge is 0.0664 e. The first kappa shape index (κ1) is 54.0. The standard InChI is InChI=1S/C52H106Si2/c1-7-13-19-25-31-37-45-53(46-38-32-26-20-14-8-2,47-39-33-27-21-15-9-3)51-43-44-52-54(48-40-34-28-22-16-10-4,49-41-35-29-23-17-11-5)50-42-36-30-24-18-12-6/h7-42,45-52H2,1-6H3. The van der Waals surface area contributed by atoms with Crippen LogP contribution in [-0.2, 0) is 0 Å². The molecule has 0 amide bonds. The van der Waals surface area contributed by atoms with Crippen LogP contribution in [0.25, 0.3) is 0 Å². The fourth-order valence-corrected chi connectivity index (χ4v) is 19.0. The third kappa shape index (κ3) is 34.1. The molecule has 0 aromatic carbocycles. The third-order valence-corrected chi connectivity index (χ3v) is 23.8. The summed E-state index contributed by atoms with van der Waals surface area (Å²) in [7, 11) is -2.78. The molecule has 0 fully saturated rings. The van der Waals surface area contributed by atoms with Crippen molar-refractivity contribution in [1.29, 1.82) is 0 Å². The van der Waals surface area contributed by atoms with Crippen molar-refractivity contribution in [3.05, 3.63) is 0 Å². The highest BCUT2D eigenvalue weighted by atomic mass is 28.3. The second-order valence-corrected chi connectivity index (χ2v) is 28.5. The molecule has 0 spiro atoms. The molecule has 0 bridgehead atoms. The van der Waals surface area contributed by atoms with Gasteiger partial charge < -0.3 is 0 Å². The Labute approximate surface area is 347 Å². The highest BCUT2D eigenvalue weighted by Gasteiger charge is 2.32. The molecule has 0 rings (SSSR count). The Balaban J connectivity index is 6.10. The normalized spacial score (nSPS) is 12.0. The topological polar surface area (TPSA) is 0 Å². The van der Waals surface area contributed by atoms with E-state index in [0.29, 0.717) is 0 Å². The zero-order valence-electron chi connectivity index (χ0n) is 39.1. The number of hydrogen-bond donors (Lipinski definition) is 0. The van der Waals surface area contributed by atoms with Crippen molar-refractivity contribution < 1.29 is 0 Å². The van der Waals surface area contributed by atoms with Crippen molar-refractivity contribution >= 4 is 16.1 Å². The van der Waals surface area contributed by atoms with E-state index in [1.807, 2.05) is 0 Å². The molecule has 0 aliphatic heterocycles. The summed E-state index contributed by atoms with van der Waals surface area (Å²) in [6.07, 6.45) is 52.4. The molecule has 0 aromatic heterocycles. The molecule has 0 aliphatic rings. The lowest BCUT2D eigenvalue weighted by Crippen LogP contribution is -2.34. The molecule has 0 nitrogen and oxygen atoms in total. The zero-order chi connectivity index (χ0) is 39.5. The molecule has 0 saturated carbocycles. The van der Waals surface area contributed by atoms with Crippen LogP contribution in [0, 0.1) is 11.8 Å². The lowest BCUT2D eigenvalue weighted by atomic mass is 10.1. The summed E-state index contributed by atoms with van der Waals surface area (Å²) in [5.74, 6) is 8.33. The minimum Gasteiger partial charge on any atom is -0.107 e. The molecule has 54 heavy (non-hydrogen) atoms. The highest BCUT2D eigenvalue weighted by Crippen LogP contribution is 2.35. The van der Waals surface area contributed by atoms with Crippen LogP contribution in [-0.4, -0.2) is 16.1 Å². The van der Waals surface area contributed by atoms with E-state index in [9.17, 15) is 0 Å². The van der Waals surface area contributed by atoms with Crippen LogP contribution in [0.1, 0.15) is 273 Å². The average molecular weight is 788 g/mol. The van der Waals surface area contributed by atoms with Crippen molar-refractivity contribution in [3.8, 4) is 11.8 Å². The predicted molar refractivity (Wildman–Crippen MR) is 258 cm³/mol. The molecule has 2 heteroatoms. The molecule has 0 atom stereocenters. The van der Waals surface area contributed by atoms with E-state index < -0.39 is 16.1 Å². The van der Waals surface area contributed by atoms with Gasteiger partial charge in [-0.2, -0.15) is 0 Å². The Kier molecular flexibility index (Phi) is 42.6. The third-order valence-electron chi connectivity index (χ3n) is 13.4. The molecular weight excluding hydrogens is 681 g/mol. The SMILES string of the molecule is CCCCCCCC[Si](CC#CC[Si](CCCCCCCC)(CCCCCCCC)CCCCCCCC)(CCCCCCCC)CCCCCCCC. The second kappa shape index (κ2) is 42.6. The van der Waals surface area contributed by atoms with E-state index in [1.54, 1.807) is 36.3 Å². The minimum atomic E-state index is -1.39. The summed E-state index contributed by atoms with van der Waals surface area (Å²) >= 11 is 0. The molecule has 0 aromatic rings. The largest absolute Gasteiger partial charge is 0.107 e. The van der Waals surface area contributed by atoms with E-state index in [4.69, 9.17) is 0 Å². The van der Waals surface area contributed by atoms with E-state index in [0.717, 1.165) is 0 Å². The summed E-state index contributed by atoms with van der Waals surface area (Å²) in [4.78, 5) is 0. The van der Waals surface area contributed by atoms with Gasteiger partial charge in [0, 0.05) is 12.1 Å². The van der Waals surface area contributed by atoms with Gasteiger partial charge in [0.15, 0.2) is 0 Å². The Morgan fingerprint density at radius 3 is 0.519 bits per heavy atom. The Morgan fingerprint density at radius 1 is 0.204 bits per heavy atom. The van der Waals surface area contributed by atoms with Gasteiger partial charge in [0.1, 0.15) is 0 Å². The van der Waals surface area contributed by atoms with Gasteiger partial charge in [-0.15, -0.1) is 11.8 Å². The van der Waals surface area contributed by atoms with Gasteiger partial charge >= 0.3 is 0 Å². The first-order valence-corrected chi connectivity index (χ1v) is 31.7. The maximum Gasteiger partial charge on any atom is 0.0664 e. The van der Waals surface area contributed by atoms with E-state index >= 15 is 0 Å². The molecule has 0 N–H and O–H groups in total. The monoisotopic (exact) mass is 787 g/mol. The quantitative estimate of drug-likeness (QED) is 0.0328. The van der Waals surface area contributed by atoms with E-state index in [2.05, 4.69) is 53.4 Å². The lowest BCUT2D eigenvalue weighted by Gasteiger charge is -2.32. The van der Waals surface area contributed by atoms with Crippen LogP contribution in [0.5, 0.6) is 0 Å². The summed E-state index contributed by atoms with van der Waals surface area (Å²) in [5.41, 5.74) is 0. The maximum atomic E-state index is 4.17. The lowest BCUT2D eigenvalue weighted by molar-refractivity contribution is 0.606. The fourth-order valence-electron chi connectivity index (χ4n) is 9.46. The van der Waals surface area contributed by atoms with Crippen molar-refractivity contribution in [2.75, 3.05) is 0 Å². The first-order chi connectivity index (χ1) is 26.6. The second-order valence-electron chi connectivity index (χ2n) is 18.8. The van der Waals surface area contributed by atoms with Gasteiger partial charge in [-0.05, 0) is 0 Å². The zero-order valence-corrected chi connectivity index (χ0v) is 41.1. The molecule has 0 radical (unpaired) electrons. The van der Waals surface area contributed by atoms with E-state index in [-0.39, 0.29) is 0 Å². The fraction of sp³-hybridized carbons (Fsp3) is 0.962. The van der Waals surface area contributed by atoms with Gasteiger partial charge in [-0.25, -0.2) is 0 Å². The van der Waals surface area contributed by atoms with Crippen LogP contribution in [0.4, 0.5) is 0 Å². The maximum absolute atomic E-state index is 4.17. The molecule has 0 saturated heterocycles. The van der Waals surface area contributed by atoms with Gasteiger partial charge in [0.05, 0.1) is 16.1 Å². The minimum absolute atomic E-state index is 1.35. The summed E-state index contributed by atoms with van der Waals surface area (Å²) in [5, 5.41) is 0. The van der Waals surface area contributed by atoms with Gasteiger partial charge in [-0.3, -0.25) is 0 Å². The van der Waals surface area contributed by atoms with Gasteiger partial charge in [0.25, 0.3) is 0 Å². The van der Waals surface area contributed by atoms with Crippen LogP contribution in [0.3, 0.4) is 0 Å². The summed E-state index contributed by atoms with van der Waals surface area (Å²) < 4.78 is 0. The van der Waals surface area contributed by atoms with Crippen molar-refractivity contribution in [1.82, 2.24) is 0 Å². The first-order valence-electron chi connectivity index (χ1n) is 26.0. The Morgan fingerprint density at radius 2 is 0.352 bits per heavy atom. The average Bonchev–Trinajstić information content (AvgIpc) is 3.18. The molecule has 322 valence electrons. The number of rotatable bonds is 44. The van der Waals surface area contributed by atoms with Gasteiger partial charge in [0.2, 0.25) is 0 Å². The molecule has 0 aliphatic carbocycles. The Bertz CT molecular complexity index is 633. The van der Waals surface area contributed by atoms with Gasteiger partial charge in [-0.1, -0.05) is 309 Å². The van der Waals surface area contributed by atoms with Crippen LogP contribution in [0.15, 0.2) is 0 Å². The predicted octanol–water partition coefficient (Wildman–Crippen LogP) is 20.1. The van der Waals surface area contributed by atoms with Crippen molar-refractivity contribution in [2.45, 2.75) is 321 Å². The molecule has 0 unspecified atom stereocenters. The number of unbranched alkanes of at least 4 members (excludes halogenated alkanes) is 30. The van der Waals surface area contributed by atoms with Crippen molar-refractivity contribution in [3.63, 3.8) is 0 Å². The van der Waals surface area contributed by atoms with Crippen LogP contribution >= 0.6 is 0 Å². The van der Waals surface area contributed by atoms with Crippen molar-refractivity contribution in [2.24, 2.45) is 0 Å². The highest BCUT2D eigenvalue weighted by molar-refractivity contribution is 6.81. The number of hydrogen-bond acceptors (Lipinski definition) is 0. The van der Waals surface area contributed by atoms with Crippen LogP contribution < -0.4 is 0 Å². The summed E-state index contributed by atoms with van der Waals surface area (Å²) in [6.45, 7) is 14.2. The Hall–Kier alpha value is -0.00623. The summed E-state index contributed by atoms with van der Waals surface area (Å²) in [6, 6.07) is 12.2. The van der Waals surface area contributed by atoms with E-state index in [1.165, 1.54) is 243 Å². The molecule has 0 heterocycles.